The molecule has 0 radical (unpaired) electrons. The van der Waals surface area contributed by atoms with E-state index in [0.29, 0.717) is 9.93 Å². The van der Waals surface area contributed by atoms with E-state index in [-0.39, 0.29) is 11.4 Å². The van der Waals surface area contributed by atoms with E-state index in [0.717, 1.165) is 27.6 Å². The first-order valence-electron chi connectivity index (χ1n) is 8.30. The van der Waals surface area contributed by atoms with Gasteiger partial charge in [-0.25, -0.2) is 0 Å². The summed E-state index contributed by atoms with van der Waals surface area (Å²) in [5, 5.41) is 9.27. The second-order valence-corrected chi connectivity index (χ2v) is 7.74. The smallest absolute Gasteiger partial charge is 0.260 e. The molecule has 2 N–H and O–H groups in total. The van der Waals surface area contributed by atoms with Crippen molar-refractivity contribution >= 4 is 51.8 Å². The van der Waals surface area contributed by atoms with Gasteiger partial charge in [0.05, 0.1) is 4.91 Å². The van der Waals surface area contributed by atoms with Crippen molar-refractivity contribution in [1.82, 2.24) is 5.32 Å². The Balaban J connectivity index is 1.59. The third-order valence-electron chi connectivity index (χ3n) is 4.33. The Morgan fingerprint density at radius 2 is 1.92 bits per heavy atom. The van der Waals surface area contributed by atoms with Crippen LogP contribution in [-0.2, 0) is 4.79 Å². The van der Waals surface area contributed by atoms with Crippen molar-refractivity contribution in [3.05, 3.63) is 81.7 Å². The van der Waals surface area contributed by atoms with Gasteiger partial charge in [0.15, 0.2) is 5.50 Å². The Labute approximate surface area is 161 Å². The lowest BCUT2D eigenvalue weighted by atomic mass is 10.0. The largest absolute Gasteiger partial charge is 0.356 e. The maximum absolute atomic E-state index is 12.4. The minimum absolute atomic E-state index is 0.0693. The summed E-state index contributed by atoms with van der Waals surface area (Å²) >= 11 is 7.55. The van der Waals surface area contributed by atoms with Crippen LogP contribution in [0, 0.1) is 6.92 Å². The van der Waals surface area contributed by atoms with Gasteiger partial charge in [-0.2, -0.15) is 0 Å². The molecule has 1 saturated heterocycles. The summed E-state index contributed by atoms with van der Waals surface area (Å²) in [4.78, 5) is 13.1. The van der Waals surface area contributed by atoms with Gasteiger partial charge in [0, 0.05) is 10.7 Å². The lowest BCUT2D eigenvalue weighted by Gasteiger charge is -2.15. The minimum Gasteiger partial charge on any atom is -0.356 e. The number of benzene rings is 3. The molecule has 4 rings (SSSR count). The van der Waals surface area contributed by atoms with Crippen molar-refractivity contribution in [2.24, 2.45) is 0 Å². The van der Waals surface area contributed by atoms with Gasteiger partial charge < -0.3 is 10.6 Å². The summed E-state index contributed by atoms with van der Waals surface area (Å²) in [6, 6.07) is 20.0. The van der Waals surface area contributed by atoms with Crippen molar-refractivity contribution in [3.63, 3.8) is 0 Å². The highest BCUT2D eigenvalue weighted by Gasteiger charge is 2.27. The topological polar surface area (TPSA) is 41.1 Å². The molecule has 5 heteroatoms. The molecule has 0 bridgehead atoms. The number of carbonyl (C=O) groups excluding carboxylic acids is 1. The van der Waals surface area contributed by atoms with Crippen LogP contribution in [0.5, 0.6) is 0 Å². The predicted octanol–water partition coefficient (Wildman–Crippen LogP) is 5.40. The number of carbonyl (C=O) groups is 1. The molecule has 130 valence electrons. The van der Waals surface area contributed by atoms with Crippen molar-refractivity contribution in [3.8, 4) is 0 Å². The fourth-order valence-corrected chi connectivity index (χ4v) is 4.11. The van der Waals surface area contributed by atoms with Crippen LogP contribution in [0.3, 0.4) is 0 Å². The van der Waals surface area contributed by atoms with E-state index in [2.05, 4.69) is 28.8 Å². The summed E-state index contributed by atoms with van der Waals surface area (Å²) in [5.41, 5.74) is 2.82. The summed E-state index contributed by atoms with van der Waals surface area (Å²) in [5.74, 6) is -0.0693. The van der Waals surface area contributed by atoms with E-state index in [4.69, 9.17) is 11.6 Å². The molecular formula is C21H17ClN2OS. The van der Waals surface area contributed by atoms with Gasteiger partial charge in [0.2, 0.25) is 0 Å². The Morgan fingerprint density at radius 1 is 1.12 bits per heavy atom. The number of hydrogen-bond acceptors (Lipinski definition) is 3. The maximum Gasteiger partial charge on any atom is 0.260 e. The molecular weight excluding hydrogens is 364 g/mol. The minimum atomic E-state index is -0.221. The number of rotatable bonds is 3. The van der Waals surface area contributed by atoms with Gasteiger partial charge in [0.1, 0.15) is 0 Å². The Bertz CT molecular complexity index is 1030. The number of halogens is 1. The molecule has 0 aliphatic carbocycles. The van der Waals surface area contributed by atoms with Crippen molar-refractivity contribution in [2.45, 2.75) is 12.4 Å². The number of aryl methyl sites for hydroxylation is 1. The number of nitrogens with one attached hydrogen (secondary N) is 2. The Morgan fingerprint density at radius 3 is 2.81 bits per heavy atom. The van der Waals surface area contributed by atoms with Gasteiger partial charge in [-0.1, -0.05) is 71.9 Å². The van der Waals surface area contributed by atoms with Crippen LogP contribution in [0.15, 0.2) is 65.6 Å². The average Bonchev–Trinajstić information content (AvgIpc) is 2.98. The summed E-state index contributed by atoms with van der Waals surface area (Å²) < 4.78 is 0. The molecule has 1 aliphatic rings. The fourth-order valence-electron chi connectivity index (χ4n) is 2.97. The van der Waals surface area contributed by atoms with Gasteiger partial charge in [-0.05, 0) is 47.0 Å². The summed E-state index contributed by atoms with van der Waals surface area (Å²) in [6.07, 6.45) is 1.95. The molecule has 1 unspecified atom stereocenters. The molecule has 1 aliphatic heterocycles. The first-order valence-corrected chi connectivity index (χ1v) is 9.55. The zero-order valence-electron chi connectivity index (χ0n) is 14.1. The predicted molar refractivity (Wildman–Crippen MR) is 111 cm³/mol. The van der Waals surface area contributed by atoms with Crippen LogP contribution in [0.1, 0.15) is 11.1 Å². The zero-order valence-corrected chi connectivity index (χ0v) is 15.7. The second-order valence-electron chi connectivity index (χ2n) is 6.15. The number of anilines is 1. The number of amides is 1. The van der Waals surface area contributed by atoms with Crippen LogP contribution in [-0.4, -0.2) is 11.4 Å². The quantitative estimate of drug-likeness (QED) is 0.597. The lowest BCUT2D eigenvalue weighted by molar-refractivity contribution is -0.116. The molecule has 1 fully saturated rings. The summed E-state index contributed by atoms with van der Waals surface area (Å²) in [7, 11) is 0. The summed E-state index contributed by atoms with van der Waals surface area (Å²) in [6.45, 7) is 2.01. The molecule has 3 aromatic rings. The second kappa shape index (κ2) is 7.06. The average molecular weight is 381 g/mol. The van der Waals surface area contributed by atoms with E-state index < -0.39 is 0 Å². The highest BCUT2D eigenvalue weighted by Crippen LogP contribution is 2.33. The van der Waals surface area contributed by atoms with Crippen LogP contribution < -0.4 is 10.6 Å². The third kappa shape index (κ3) is 3.43. The molecule has 26 heavy (non-hydrogen) atoms. The monoisotopic (exact) mass is 380 g/mol. The zero-order chi connectivity index (χ0) is 18.1. The molecule has 1 atom stereocenters. The molecule has 1 heterocycles. The van der Waals surface area contributed by atoms with Crippen LogP contribution in [0.4, 0.5) is 5.69 Å². The molecule has 0 saturated carbocycles. The Hall–Kier alpha value is -2.43. The Kier molecular flexibility index (Phi) is 4.62. The SMILES string of the molecule is Cc1ccc(Cl)cc1NC1NC(=O)/C(=C/c2cccc3ccccc23)S1. The van der Waals surface area contributed by atoms with E-state index in [1.165, 1.54) is 11.8 Å². The number of thioether (sulfide) groups is 1. The van der Waals surface area contributed by atoms with E-state index >= 15 is 0 Å². The molecule has 0 aromatic heterocycles. The highest BCUT2D eigenvalue weighted by atomic mass is 35.5. The van der Waals surface area contributed by atoms with E-state index in [9.17, 15) is 4.79 Å². The van der Waals surface area contributed by atoms with Crippen LogP contribution in [0.2, 0.25) is 5.02 Å². The van der Waals surface area contributed by atoms with Crippen molar-refractivity contribution in [1.29, 1.82) is 0 Å². The fraction of sp³-hybridized carbons (Fsp3) is 0.0952. The maximum atomic E-state index is 12.4. The van der Waals surface area contributed by atoms with Gasteiger partial charge in [-0.3, -0.25) is 4.79 Å². The normalized spacial score (nSPS) is 18.3. The van der Waals surface area contributed by atoms with Gasteiger partial charge in [-0.15, -0.1) is 0 Å². The van der Waals surface area contributed by atoms with Crippen LogP contribution >= 0.6 is 23.4 Å². The molecule has 3 nitrogen and oxygen atoms in total. The molecule has 1 amide bonds. The van der Waals surface area contributed by atoms with E-state index in [1.807, 2.05) is 55.5 Å². The standard InChI is InChI=1S/C21H17ClN2OS/c1-13-9-10-16(22)12-18(13)23-21-24-20(25)19(26-21)11-15-7-4-6-14-5-2-3-8-17(14)15/h2-12,21,23H,1H3,(H,24,25)/b19-11-. The molecule has 3 aromatic carbocycles. The van der Waals surface area contributed by atoms with Gasteiger partial charge >= 0.3 is 0 Å². The first kappa shape index (κ1) is 17.0. The van der Waals surface area contributed by atoms with Crippen LogP contribution in [0.25, 0.3) is 16.8 Å². The third-order valence-corrected chi connectivity index (χ3v) is 5.59. The van der Waals surface area contributed by atoms with Crippen molar-refractivity contribution < 1.29 is 4.79 Å². The van der Waals surface area contributed by atoms with Crippen molar-refractivity contribution in [2.75, 3.05) is 5.32 Å². The number of hydrogen-bond donors (Lipinski definition) is 2. The number of fused-ring (bicyclic) bond motifs is 1. The van der Waals surface area contributed by atoms with Gasteiger partial charge in [0.25, 0.3) is 5.91 Å². The van der Waals surface area contributed by atoms with E-state index in [1.54, 1.807) is 0 Å². The highest BCUT2D eigenvalue weighted by molar-refractivity contribution is 8.05. The first-order chi connectivity index (χ1) is 12.6. The molecule has 0 spiro atoms. The lowest BCUT2D eigenvalue weighted by Crippen LogP contribution is -2.31.